The van der Waals surface area contributed by atoms with Gasteiger partial charge in [0.05, 0.1) is 25.4 Å². The highest BCUT2D eigenvalue weighted by molar-refractivity contribution is 5.12. The normalized spacial score (nSPS) is 51.4. The van der Waals surface area contributed by atoms with Gasteiger partial charge in [0.1, 0.15) is 6.10 Å². The number of hydrogen-bond donors (Lipinski definition) is 1. The van der Waals surface area contributed by atoms with Gasteiger partial charge in [0.15, 0.2) is 0 Å². The number of rotatable bonds is 0. The van der Waals surface area contributed by atoms with Crippen molar-refractivity contribution < 1.29 is 19.3 Å². The molecule has 3 aliphatic rings. The lowest BCUT2D eigenvalue weighted by molar-refractivity contribution is -0.356. The topological polar surface area (TPSA) is 47.9 Å². The van der Waals surface area contributed by atoms with Crippen molar-refractivity contribution in [2.24, 2.45) is 0 Å². The third-order valence-electron chi connectivity index (χ3n) is 3.06. The standard InChI is InChI=1S/C10H14O4/c11-7-1-3-10-9(5-7)12-6-8(14-10)2-4-13-10/h1,3,7-9,11H,2,4-6H2/t7-,8+,9-,10+/m1/s1. The van der Waals surface area contributed by atoms with Gasteiger partial charge in [-0.2, -0.15) is 0 Å². The fraction of sp³-hybridized carbons (Fsp3) is 0.800. The summed E-state index contributed by atoms with van der Waals surface area (Å²) in [7, 11) is 0. The Bertz CT molecular complexity index is 265. The van der Waals surface area contributed by atoms with E-state index in [1.54, 1.807) is 12.2 Å². The maximum absolute atomic E-state index is 9.46. The Kier molecular flexibility index (Phi) is 1.92. The van der Waals surface area contributed by atoms with E-state index >= 15 is 0 Å². The van der Waals surface area contributed by atoms with Crippen molar-refractivity contribution in [2.45, 2.75) is 36.9 Å². The van der Waals surface area contributed by atoms with Crippen molar-refractivity contribution in [3.63, 3.8) is 0 Å². The van der Waals surface area contributed by atoms with Gasteiger partial charge >= 0.3 is 0 Å². The second-order valence-electron chi connectivity index (χ2n) is 4.08. The van der Waals surface area contributed by atoms with Crippen LogP contribution in [0, 0.1) is 0 Å². The van der Waals surface area contributed by atoms with Crippen LogP contribution in [0.25, 0.3) is 0 Å². The third-order valence-corrected chi connectivity index (χ3v) is 3.06. The Morgan fingerprint density at radius 3 is 3.29 bits per heavy atom. The first-order valence-electron chi connectivity index (χ1n) is 5.09. The lowest BCUT2D eigenvalue weighted by Gasteiger charge is -2.49. The predicted molar refractivity (Wildman–Crippen MR) is 47.7 cm³/mol. The van der Waals surface area contributed by atoms with E-state index < -0.39 is 11.9 Å². The van der Waals surface area contributed by atoms with Crippen molar-refractivity contribution >= 4 is 0 Å². The molecule has 14 heavy (non-hydrogen) atoms. The number of hydrogen-bond acceptors (Lipinski definition) is 4. The highest BCUT2D eigenvalue weighted by atomic mass is 16.7. The average molecular weight is 198 g/mol. The molecule has 0 amide bonds. The van der Waals surface area contributed by atoms with Crippen molar-refractivity contribution in [3.8, 4) is 0 Å². The molecule has 0 radical (unpaired) electrons. The van der Waals surface area contributed by atoms with Crippen LogP contribution in [0.15, 0.2) is 12.2 Å². The van der Waals surface area contributed by atoms with Crippen LogP contribution in [-0.4, -0.2) is 42.4 Å². The smallest absolute Gasteiger partial charge is 0.215 e. The van der Waals surface area contributed by atoms with Gasteiger partial charge in [-0.15, -0.1) is 0 Å². The molecular weight excluding hydrogens is 184 g/mol. The fourth-order valence-electron chi connectivity index (χ4n) is 2.30. The van der Waals surface area contributed by atoms with Gasteiger partial charge < -0.3 is 19.3 Å². The summed E-state index contributed by atoms with van der Waals surface area (Å²) in [6.45, 7) is 1.33. The monoisotopic (exact) mass is 198 g/mol. The van der Waals surface area contributed by atoms with Crippen molar-refractivity contribution in [3.05, 3.63) is 12.2 Å². The van der Waals surface area contributed by atoms with Gasteiger partial charge in [-0.05, 0) is 12.5 Å². The Balaban J connectivity index is 1.91. The van der Waals surface area contributed by atoms with E-state index in [0.29, 0.717) is 19.6 Å². The maximum Gasteiger partial charge on any atom is 0.215 e. The molecule has 2 aliphatic heterocycles. The number of aliphatic hydroxyl groups excluding tert-OH is 1. The summed E-state index contributed by atoms with van der Waals surface area (Å²) < 4.78 is 17.1. The van der Waals surface area contributed by atoms with Crippen LogP contribution < -0.4 is 0 Å². The fourth-order valence-corrected chi connectivity index (χ4v) is 2.30. The predicted octanol–water partition coefficient (Wildman–Crippen LogP) is 0.208. The SMILES string of the molecule is O[C@@H]1C=C[C@@]23OCC[C@@H](CO[C@@H]2C1)O3. The van der Waals surface area contributed by atoms with Gasteiger partial charge in [0, 0.05) is 6.42 Å². The summed E-state index contributed by atoms with van der Waals surface area (Å²) in [6.07, 6.45) is 4.55. The molecule has 0 saturated carbocycles. The molecule has 0 aromatic rings. The van der Waals surface area contributed by atoms with Crippen LogP contribution in [0.5, 0.6) is 0 Å². The minimum Gasteiger partial charge on any atom is -0.389 e. The Hall–Kier alpha value is -0.420. The van der Waals surface area contributed by atoms with Gasteiger partial charge in [0.25, 0.3) is 0 Å². The van der Waals surface area contributed by atoms with Gasteiger partial charge in [-0.3, -0.25) is 0 Å². The molecule has 2 fully saturated rings. The summed E-state index contributed by atoms with van der Waals surface area (Å²) in [5.74, 6) is -0.708. The van der Waals surface area contributed by atoms with E-state index in [4.69, 9.17) is 14.2 Å². The Labute approximate surface area is 82.5 Å². The molecule has 4 nitrogen and oxygen atoms in total. The van der Waals surface area contributed by atoms with Gasteiger partial charge in [-0.25, -0.2) is 0 Å². The molecule has 2 bridgehead atoms. The summed E-state index contributed by atoms with van der Waals surface area (Å²) in [5.41, 5.74) is 0. The van der Waals surface area contributed by atoms with E-state index in [0.717, 1.165) is 6.42 Å². The largest absolute Gasteiger partial charge is 0.389 e. The summed E-state index contributed by atoms with van der Waals surface area (Å²) in [6, 6.07) is 0. The first-order valence-corrected chi connectivity index (χ1v) is 5.09. The van der Waals surface area contributed by atoms with Crippen LogP contribution >= 0.6 is 0 Å². The molecule has 2 heterocycles. The zero-order chi connectivity index (χ0) is 9.60. The lowest BCUT2D eigenvalue weighted by Crippen LogP contribution is -2.60. The number of ether oxygens (including phenoxy) is 3. The Morgan fingerprint density at radius 2 is 2.36 bits per heavy atom. The van der Waals surface area contributed by atoms with Crippen LogP contribution in [0.4, 0.5) is 0 Å². The van der Waals surface area contributed by atoms with Gasteiger partial charge in [-0.1, -0.05) is 6.08 Å². The number of fused-ring (bicyclic) bond motifs is 1. The lowest BCUT2D eigenvalue weighted by atomic mass is 9.93. The first-order chi connectivity index (χ1) is 6.78. The van der Waals surface area contributed by atoms with E-state index in [1.807, 2.05) is 0 Å². The third kappa shape index (κ3) is 1.22. The molecule has 4 atom stereocenters. The molecule has 1 spiro atoms. The van der Waals surface area contributed by atoms with Crippen LogP contribution in [-0.2, 0) is 14.2 Å². The van der Waals surface area contributed by atoms with Crippen LogP contribution in [0.2, 0.25) is 0 Å². The molecule has 4 heteroatoms. The van der Waals surface area contributed by atoms with Crippen molar-refractivity contribution in [1.29, 1.82) is 0 Å². The maximum atomic E-state index is 9.46. The molecule has 0 aromatic carbocycles. The summed E-state index contributed by atoms with van der Waals surface area (Å²) in [5, 5.41) is 9.46. The second-order valence-corrected chi connectivity index (χ2v) is 4.08. The van der Waals surface area contributed by atoms with E-state index in [1.165, 1.54) is 0 Å². The van der Waals surface area contributed by atoms with Crippen molar-refractivity contribution in [2.75, 3.05) is 13.2 Å². The molecule has 1 aliphatic carbocycles. The second kappa shape index (κ2) is 3.03. The highest BCUT2D eigenvalue weighted by Gasteiger charge is 2.50. The first kappa shape index (κ1) is 8.85. The van der Waals surface area contributed by atoms with E-state index in [-0.39, 0.29) is 12.2 Å². The van der Waals surface area contributed by atoms with Crippen LogP contribution in [0.1, 0.15) is 12.8 Å². The average Bonchev–Trinajstić information content (AvgIpc) is 2.20. The molecule has 78 valence electrons. The van der Waals surface area contributed by atoms with Gasteiger partial charge in [0.2, 0.25) is 5.79 Å². The minimum atomic E-state index is -0.708. The highest BCUT2D eigenvalue weighted by Crippen LogP contribution is 2.38. The van der Waals surface area contributed by atoms with Crippen LogP contribution in [0.3, 0.4) is 0 Å². The summed E-state index contributed by atoms with van der Waals surface area (Å²) >= 11 is 0. The zero-order valence-corrected chi connectivity index (χ0v) is 7.89. The molecule has 0 unspecified atom stereocenters. The minimum absolute atomic E-state index is 0.153. The molecule has 2 saturated heterocycles. The Morgan fingerprint density at radius 1 is 1.43 bits per heavy atom. The summed E-state index contributed by atoms with van der Waals surface area (Å²) in [4.78, 5) is 0. The van der Waals surface area contributed by atoms with E-state index in [9.17, 15) is 5.11 Å². The van der Waals surface area contributed by atoms with Crippen molar-refractivity contribution in [1.82, 2.24) is 0 Å². The number of aliphatic hydroxyl groups is 1. The zero-order valence-electron chi connectivity index (χ0n) is 7.89. The molecule has 3 rings (SSSR count). The quantitative estimate of drug-likeness (QED) is 0.565. The van der Waals surface area contributed by atoms with E-state index in [2.05, 4.69) is 0 Å². The molecule has 1 N–H and O–H groups in total. The molecular formula is C10H14O4. The molecule has 0 aromatic heterocycles.